The second-order valence-corrected chi connectivity index (χ2v) is 8.25. The van der Waals surface area contributed by atoms with E-state index < -0.39 is 15.5 Å². The first kappa shape index (κ1) is 20.5. The van der Waals surface area contributed by atoms with E-state index in [1.807, 2.05) is 0 Å². The summed E-state index contributed by atoms with van der Waals surface area (Å²) < 4.78 is 62.3. The Morgan fingerprint density at radius 2 is 1.92 bits per heavy atom. The van der Waals surface area contributed by atoms with Crippen LogP contribution in [0.3, 0.4) is 0 Å². The Morgan fingerprint density at radius 3 is 2.54 bits per heavy atom. The number of anilines is 1. The number of aryl methyl sites for hydroxylation is 1. The van der Waals surface area contributed by atoms with E-state index in [0.29, 0.717) is 18.2 Å². The third kappa shape index (κ3) is 5.36. The third-order valence-corrected chi connectivity index (χ3v) is 5.45. The molecule has 0 spiro atoms. The summed E-state index contributed by atoms with van der Waals surface area (Å²) in [6.45, 7) is 3.77. The number of hydrogen-bond donors (Lipinski definition) is 1. The topological polar surface area (TPSA) is 67.8 Å². The van der Waals surface area contributed by atoms with Gasteiger partial charge in [0, 0.05) is 5.56 Å². The van der Waals surface area contributed by atoms with Crippen molar-refractivity contribution in [2.75, 3.05) is 11.3 Å². The molecule has 146 valence electrons. The predicted molar refractivity (Wildman–Crippen MR) is 94.5 cm³/mol. The third-order valence-electron chi connectivity index (χ3n) is 4.35. The van der Waals surface area contributed by atoms with E-state index in [1.54, 1.807) is 24.6 Å². The Balaban J connectivity index is 2.16. The van der Waals surface area contributed by atoms with Crippen LogP contribution >= 0.6 is 0 Å². The summed E-state index contributed by atoms with van der Waals surface area (Å²) in [6.07, 6.45) is 5.71. The molecule has 1 N–H and O–H groups in total. The van der Waals surface area contributed by atoms with E-state index in [0.717, 1.165) is 31.2 Å². The first-order chi connectivity index (χ1) is 12.1. The van der Waals surface area contributed by atoms with Gasteiger partial charge < -0.3 is 4.84 Å². The number of halogens is 3. The lowest BCUT2D eigenvalue weighted by Crippen LogP contribution is -2.30. The molecule has 2 rings (SSSR count). The maximum absolute atomic E-state index is 12.6. The molecule has 0 amide bonds. The zero-order valence-electron chi connectivity index (χ0n) is 14.8. The van der Waals surface area contributed by atoms with E-state index in [4.69, 9.17) is 4.84 Å². The number of rotatable bonds is 6. The van der Waals surface area contributed by atoms with Crippen LogP contribution in [0.2, 0.25) is 0 Å². The molecular weight excluding hydrogens is 369 g/mol. The van der Waals surface area contributed by atoms with Crippen LogP contribution in [0.5, 0.6) is 0 Å². The van der Waals surface area contributed by atoms with Crippen LogP contribution in [0.25, 0.3) is 0 Å². The molecule has 0 aliphatic heterocycles. The van der Waals surface area contributed by atoms with Crippen molar-refractivity contribution in [2.24, 2.45) is 11.1 Å². The number of hydrogen-bond acceptors (Lipinski definition) is 4. The molecule has 1 aromatic rings. The standard InChI is InChI=1S/C17H23F3N2O3S/c1-12-8-9-16(22-26(23,24)17(18,19)20)15(10-12)13(2)21-25-11-14-6-4-3-5-7-14/h8-10,14,22H,3-7,11H2,1-2H3/b21-13+. The Labute approximate surface area is 151 Å². The van der Waals surface area contributed by atoms with E-state index >= 15 is 0 Å². The molecule has 1 fully saturated rings. The SMILES string of the molecule is C/C(=N\OCC1CCCCC1)c1cc(C)ccc1NS(=O)(=O)C(F)(F)F. The molecule has 26 heavy (non-hydrogen) atoms. The lowest BCUT2D eigenvalue weighted by atomic mass is 9.90. The monoisotopic (exact) mass is 392 g/mol. The maximum atomic E-state index is 12.6. The van der Waals surface area contributed by atoms with Gasteiger partial charge in [0.15, 0.2) is 0 Å². The molecule has 5 nitrogen and oxygen atoms in total. The molecule has 1 aromatic carbocycles. The molecule has 0 unspecified atom stereocenters. The fourth-order valence-corrected chi connectivity index (χ4v) is 3.47. The zero-order chi connectivity index (χ0) is 19.4. The first-order valence-electron chi connectivity index (χ1n) is 8.47. The summed E-state index contributed by atoms with van der Waals surface area (Å²) in [5.74, 6) is 0.431. The van der Waals surface area contributed by atoms with Crippen molar-refractivity contribution in [3.63, 3.8) is 0 Å². The van der Waals surface area contributed by atoms with E-state index in [9.17, 15) is 21.6 Å². The molecule has 1 aliphatic rings. The molecule has 0 radical (unpaired) electrons. The van der Waals surface area contributed by atoms with Crippen molar-refractivity contribution in [3.8, 4) is 0 Å². The van der Waals surface area contributed by atoms with Gasteiger partial charge in [-0.2, -0.15) is 21.6 Å². The summed E-state index contributed by atoms with van der Waals surface area (Å²) in [4.78, 5) is 5.37. The molecule has 0 bridgehead atoms. The van der Waals surface area contributed by atoms with E-state index in [1.165, 1.54) is 18.6 Å². The van der Waals surface area contributed by atoms with Gasteiger partial charge in [-0.1, -0.05) is 36.0 Å². The van der Waals surface area contributed by atoms with Crippen LogP contribution in [-0.4, -0.2) is 26.2 Å². The van der Waals surface area contributed by atoms with Gasteiger partial charge in [0.05, 0.1) is 11.4 Å². The molecule has 0 aromatic heterocycles. The smallest absolute Gasteiger partial charge is 0.395 e. The van der Waals surface area contributed by atoms with Gasteiger partial charge in [0.25, 0.3) is 0 Å². The highest BCUT2D eigenvalue weighted by Crippen LogP contribution is 2.28. The van der Waals surface area contributed by atoms with Crippen molar-refractivity contribution in [2.45, 2.75) is 51.5 Å². The number of nitrogens with one attached hydrogen (secondary N) is 1. The van der Waals surface area contributed by atoms with Gasteiger partial charge in [-0.15, -0.1) is 0 Å². The van der Waals surface area contributed by atoms with Gasteiger partial charge >= 0.3 is 15.5 Å². The van der Waals surface area contributed by atoms with Crippen molar-refractivity contribution in [3.05, 3.63) is 29.3 Å². The highest BCUT2D eigenvalue weighted by atomic mass is 32.2. The van der Waals surface area contributed by atoms with Gasteiger partial charge in [-0.05, 0) is 44.7 Å². The number of sulfonamides is 1. The average Bonchev–Trinajstić information content (AvgIpc) is 2.56. The highest BCUT2D eigenvalue weighted by Gasteiger charge is 2.46. The molecule has 1 saturated carbocycles. The van der Waals surface area contributed by atoms with Crippen molar-refractivity contribution >= 4 is 21.4 Å². The van der Waals surface area contributed by atoms with Crippen molar-refractivity contribution in [1.82, 2.24) is 0 Å². The minimum absolute atomic E-state index is 0.185. The van der Waals surface area contributed by atoms with Crippen LogP contribution in [0.4, 0.5) is 18.9 Å². The lowest BCUT2D eigenvalue weighted by molar-refractivity contribution is -0.0429. The molecule has 9 heteroatoms. The normalized spacial score (nSPS) is 17.2. The van der Waals surface area contributed by atoms with Crippen LogP contribution in [0.1, 0.15) is 50.2 Å². The fourth-order valence-electron chi connectivity index (χ4n) is 2.89. The van der Waals surface area contributed by atoms with Crippen molar-refractivity contribution < 1.29 is 26.4 Å². The number of oxime groups is 1. The number of benzene rings is 1. The Hall–Kier alpha value is -1.77. The fraction of sp³-hybridized carbons (Fsp3) is 0.588. The minimum Gasteiger partial charge on any atom is -0.395 e. The summed E-state index contributed by atoms with van der Waals surface area (Å²) in [5.41, 5.74) is -4.25. The molecule has 0 heterocycles. The first-order valence-corrected chi connectivity index (χ1v) is 9.95. The molecule has 1 aliphatic carbocycles. The predicted octanol–water partition coefficient (Wildman–Crippen LogP) is 4.58. The van der Waals surface area contributed by atoms with Crippen LogP contribution in [0.15, 0.2) is 23.4 Å². The second-order valence-electron chi connectivity index (χ2n) is 6.58. The average molecular weight is 392 g/mol. The van der Waals surface area contributed by atoms with Gasteiger partial charge in [0.2, 0.25) is 0 Å². The second kappa shape index (κ2) is 8.28. The lowest BCUT2D eigenvalue weighted by Gasteiger charge is -2.20. The van der Waals surface area contributed by atoms with Crippen LogP contribution < -0.4 is 4.72 Å². The largest absolute Gasteiger partial charge is 0.516 e. The van der Waals surface area contributed by atoms with Gasteiger partial charge in [0.1, 0.15) is 6.61 Å². The quantitative estimate of drug-likeness (QED) is 0.569. The Kier molecular flexibility index (Phi) is 6.54. The van der Waals surface area contributed by atoms with Crippen molar-refractivity contribution in [1.29, 1.82) is 0 Å². The summed E-state index contributed by atoms with van der Waals surface area (Å²) in [6, 6.07) is 4.37. The number of nitrogens with zero attached hydrogens (tertiary/aromatic N) is 1. The van der Waals surface area contributed by atoms with Gasteiger partial charge in [-0.3, -0.25) is 4.72 Å². The Morgan fingerprint density at radius 1 is 1.27 bits per heavy atom. The van der Waals surface area contributed by atoms with Crippen LogP contribution in [0, 0.1) is 12.8 Å². The minimum atomic E-state index is -5.50. The summed E-state index contributed by atoms with van der Waals surface area (Å²) >= 11 is 0. The highest BCUT2D eigenvalue weighted by molar-refractivity contribution is 7.93. The Bertz CT molecular complexity index is 755. The van der Waals surface area contributed by atoms with Gasteiger partial charge in [-0.25, -0.2) is 0 Å². The molecule has 0 saturated heterocycles. The van der Waals surface area contributed by atoms with Crippen LogP contribution in [-0.2, 0) is 14.9 Å². The zero-order valence-corrected chi connectivity index (χ0v) is 15.6. The maximum Gasteiger partial charge on any atom is 0.516 e. The van der Waals surface area contributed by atoms with E-state index in [2.05, 4.69) is 5.16 Å². The summed E-state index contributed by atoms with van der Waals surface area (Å²) in [5, 5.41) is 3.98. The van der Waals surface area contributed by atoms with E-state index in [-0.39, 0.29) is 11.3 Å². The summed E-state index contributed by atoms with van der Waals surface area (Å²) in [7, 11) is -5.50. The molecular formula is C17H23F3N2O3S. The molecule has 0 atom stereocenters. The number of alkyl halides is 3.